The molecular formula is C31H29ClN4O6S. The van der Waals surface area contributed by atoms with Crippen molar-refractivity contribution in [1.82, 2.24) is 10.2 Å². The molecule has 1 N–H and O–H groups in total. The van der Waals surface area contributed by atoms with Gasteiger partial charge < -0.3 is 10.2 Å². The van der Waals surface area contributed by atoms with E-state index in [1.165, 1.54) is 48.3 Å². The molecule has 0 saturated heterocycles. The zero-order valence-electron chi connectivity index (χ0n) is 23.2. The summed E-state index contributed by atoms with van der Waals surface area (Å²) in [7, 11) is -2.84. The van der Waals surface area contributed by atoms with Crippen molar-refractivity contribution in [3.05, 3.63) is 135 Å². The van der Waals surface area contributed by atoms with E-state index in [9.17, 15) is 28.1 Å². The number of carbonyl (C=O) groups excluding carboxylic acids is 2. The van der Waals surface area contributed by atoms with Crippen molar-refractivity contribution < 1.29 is 22.9 Å². The summed E-state index contributed by atoms with van der Waals surface area (Å²) in [5, 5.41) is 14.4. The molecule has 2 amide bonds. The van der Waals surface area contributed by atoms with Gasteiger partial charge in [-0.1, -0.05) is 72.3 Å². The second kappa shape index (κ2) is 14.0. The van der Waals surface area contributed by atoms with Gasteiger partial charge >= 0.3 is 0 Å². The highest BCUT2D eigenvalue weighted by Gasteiger charge is 2.34. The van der Waals surface area contributed by atoms with Gasteiger partial charge in [-0.25, -0.2) is 8.42 Å². The summed E-state index contributed by atoms with van der Waals surface area (Å²) < 4.78 is 28.7. The first-order chi connectivity index (χ1) is 20.6. The van der Waals surface area contributed by atoms with Gasteiger partial charge in [0.25, 0.3) is 15.7 Å². The average molecular weight is 621 g/mol. The van der Waals surface area contributed by atoms with Gasteiger partial charge in [-0.2, -0.15) is 0 Å². The number of carbonyl (C=O) groups is 2. The van der Waals surface area contributed by atoms with Crippen molar-refractivity contribution in [2.24, 2.45) is 0 Å². The summed E-state index contributed by atoms with van der Waals surface area (Å²) in [6, 6.07) is 27.4. The number of hydrogen-bond donors (Lipinski definition) is 1. The standard InChI is InChI=1S/C31H29ClN4O6S/c1-33-31(38)29(20-23-8-4-2-5-9-23)34(21-24-12-14-25(32)15-13-24)30(37)22-35(26-16-18-27(19-17-26)36(39)40)43(41,42)28-10-6-3-7-11-28/h2-19,29H,20-22H2,1H3,(H,33,38). The van der Waals surface area contributed by atoms with E-state index in [0.29, 0.717) is 10.6 Å². The lowest BCUT2D eigenvalue weighted by Crippen LogP contribution is -2.53. The minimum atomic E-state index is -4.31. The van der Waals surface area contributed by atoms with Crippen LogP contribution < -0.4 is 9.62 Å². The first kappa shape index (κ1) is 31.2. The van der Waals surface area contributed by atoms with Gasteiger partial charge in [0.1, 0.15) is 12.6 Å². The van der Waals surface area contributed by atoms with Crippen LogP contribution in [0.15, 0.2) is 114 Å². The third kappa shape index (κ3) is 7.76. The second-order valence-electron chi connectivity index (χ2n) is 9.57. The van der Waals surface area contributed by atoms with Crippen LogP contribution in [-0.4, -0.2) is 49.7 Å². The Labute approximate surface area is 254 Å². The number of likely N-dealkylation sites (N-methyl/N-ethyl adjacent to an activating group) is 1. The maximum Gasteiger partial charge on any atom is 0.269 e. The van der Waals surface area contributed by atoms with Crippen molar-refractivity contribution in [2.45, 2.75) is 23.9 Å². The Morgan fingerprint density at radius 3 is 2.00 bits per heavy atom. The van der Waals surface area contributed by atoms with Gasteiger partial charge in [0.05, 0.1) is 15.5 Å². The summed E-state index contributed by atoms with van der Waals surface area (Å²) in [4.78, 5) is 39.4. The van der Waals surface area contributed by atoms with Crippen molar-refractivity contribution in [3.63, 3.8) is 0 Å². The van der Waals surface area contributed by atoms with E-state index in [4.69, 9.17) is 11.6 Å². The Balaban J connectivity index is 1.78. The van der Waals surface area contributed by atoms with Crippen LogP contribution in [0.5, 0.6) is 0 Å². The molecule has 4 aromatic carbocycles. The van der Waals surface area contributed by atoms with Gasteiger partial charge in [-0.05, 0) is 47.5 Å². The predicted molar refractivity (Wildman–Crippen MR) is 164 cm³/mol. The molecule has 43 heavy (non-hydrogen) atoms. The molecule has 0 fully saturated rings. The number of anilines is 1. The molecule has 0 bridgehead atoms. The second-order valence-corrected chi connectivity index (χ2v) is 11.9. The zero-order valence-corrected chi connectivity index (χ0v) is 24.7. The fourth-order valence-electron chi connectivity index (χ4n) is 4.50. The van der Waals surface area contributed by atoms with E-state index in [-0.39, 0.29) is 29.2 Å². The molecule has 0 aromatic heterocycles. The molecule has 1 atom stereocenters. The smallest absolute Gasteiger partial charge is 0.269 e. The molecule has 222 valence electrons. The number of halogens is 1. The normalized spacial score (nSPS) is 11.8. The average Bonchev–Trinajstić information content (AvgIpc) is 3.02. The number of nitro groups is 1. The number of rotatable bonds is 12. The third-order valence-corrected chi connectivity index (χ3v) is 8.78. The largest absolute Gasteiger partial charge is 0.357 e. The quantitative estimate of drug-likeness (QED) is 0.178. The number of non-ortho nitro benzene ring substituents is 1. The number of nitrogens with zero attached hydrogens (tertiary/aromatic N) is 3. The molecule has 0 heterocycles. The Morgan fingerprint density at radius 2 is 1.44 bits per heavy atom. The van der Waals surface area contributed by atoms with Crippen LogP contribution in [0.25, 0.3) is 0 Å². The van der Waals surface area contributed by atoms with E-state index < -0.39 is 39.3 Å². The fraction of sp³-hybridized carbons (Fsp3) is 0.161. The highest BCUT2D eigenvalue weighted by Crippen LogP contribution is 2.27. The first-order valence-corrected chi connectivity index (χ1v) is 15.0. The van der Waals surface area contributed by atoms with E-state index in [2.05, 4.69) is 5.32 Å². The SMILES string of the molecule is CNC(=O)C(Cc1ccccc1)N(Cc1ccc(Cl)cc1)C(=O)CN(c1ccc([N+](=O)[O-])cc1)S(=O)(=O)c1ccccc1. The molecule has 0 aliphatic rings. The van der Waals surface area contributed by atoms with Crippen LogP contribution in [0.4, 0.5) is 11.4 Å². The van der Waals surface area contributed by atoms with E-state index in [1.54, 1.807) is 42.5 Å². The van der Waals surface area contributed by atoms with Crippen LogP contribution in [0.2, 0.25) is 5.02 Å². The zero-order chi connectivity index (χ0) is 31.0. The molecule has 0 aliphatic carbocycles. The van der Waals surface area contributed by atoms with Gasteiger partial charge in [0.2, 0.25) is 11.8 Å². The number of nitrogens with one attached hydrogen (secondary N) is 1. The number of hydrogen-bond acceptors (Lipinski definition) is 6. The summed E-state index contributed by atoms with van der Waals surface area (Å²) in [5.74, 6) is -1.09. The molecule has 12 heteroatoms. The van der Waals surface area contributed by atoms with E-state index in [1.807, 2.05) is 30.3 Å². The van der Waals surface area contributed by atoms with Crippen LogP contribution in [0, 0.1) is 10.1 Å². The molecule has 0 spiro atoms. The van der Waals surface area contributed by atoms with Gasteiger partial charge in [0.15, 0.2) is 0 Å². The molecule has 10 nitrogen and oxygen atoms in total. The van der Waals surface area contributed by atoms with Crippen molar-refractivity contribution in [1.29, 1.82) is 0 Å². The molecule has 0 saturated carbocycles. The predicted octanol–water partition coefficient (Wildman–Crippen LogP) is 4.83. The fourth-order valence-corrected chi connectivity index (χ4v) is 6.06. The number of benzene rings is 4. The van der Waals surface area contributed by atoms with Crippen molar-refractivity contribution in [2.75, 3.05) is 17.9 Å². The minimum absolute atomic E-state index is 0.0135. The lowest BCUT2D eigenvalue weighted by atomic mass is 10.0. The van der Waals surface area contributed by atoms with Crippen LogP contribution in [0.3, 0.4) is 0 Å². The van der Waals surface area contributed by atoms with E-state index in [0.717, 1.165) is 9.87 Å². The van der Waals surface area contributed by atoms with Crippen LogP contribution >= 0.6 is 11.6 Å². The summed E-state index contributed by atoms with van der Waals surface area (Å²) in [6.45, 7) is -0.689. The molecule has 1 unspecified atom stereocenters. The highest BCUT2D eigenvalue weighted by atomic mass is 35.5. The Morgan fingerprint density at radius 1 is 0.860 bits per heavy atom. The number of nitro benzene ring substituents is 1. The Kier molecular flexibility index (Phi) is 10.1. The molecule has 4 rings (SSSR count). The molecule has 4 aromatic rings. The minimum Gasteiger partial charge on any atom is -0.357 e. The monoisotopic (exact) mass is 620 g/mol. The maximum atomic E-state index is 14.2. The number of sulfonamides is 1. The topological polar surface area (TPSA) is 130 Å². The lowest BCUT2D eigenvalue weighted by Gasteiger charge is -2.33. The Hall–Kier alpha value is -4.74. The van der Waals surface area contributed by atoms with Gasteiger partial charge in [-0.3, -0.25) is 24.0 Å². The summed E-state index contributed by atoms with van der Waals surface area (Å²) in [5.41, 5.74) is 1.29. The van der Waals surface area contributed by atoms with Gasteiger partial charge in [-0.15, -0.1) is 0 Å². The third-order valence-electron chi connectivity index (χ3n) is 6.74. The Bertz CT molecular complexity index is 1670. The first-order valence-electron chi connectivity index (χ1n) is 13.2. The molecule has 0 aliphatic heterocycles. The molecule has 0 radical (unpaired) electrons. The number of amides is 2. The lowest BCUT2D eigenvalue weighted by molar-refractivity contribution is -0.384. The van der Waals surface area contributed by atoms with Crippen molar-refractivity contribution in [3.8, 4) is 0 Å². The van der Waals surface area contributed by atoms with Crippen LogP contribution in [0.1, 0.15) is 11.1 Å². The van der Waals surface area contributed by atoms with E-state index >= 15 is 0 Å². The summed E-state index contributed by atoms with van der Waals surface area (Å²) >= 11 is 6.07. The maximum absolute atomic E-state index is 14.2. The molecular weight excluding hydrogens is 592 g/mol. The van der Waals surface area contributed by atoms with Gasteiger partial charge in [0, 0.05) is 37.2 Å². The van der Waals surface area contributed by atoms with Crippen LogP contribution in [-0.2, 0) is 32.6 Å². The summed E-state index contributed by atoms with van der Waals surface area (Å²) in [6.07, 6.45) is 0.169. The van der Waals surface area contributed by atoms with Crippen molar-refractivity contribution >= 4 is 44.8 Å². The highest BCUT2D eigenvalue weighted by molar-refractivity contribution is 7.92.